The standard InChI is InChI=1S/C18H11BrF2N4/c19-12-4-1-3-11(7-12)9-25-10-16-15(8-22-25)23-18(24-16)13-5-2-6-14(20)17(13)21/h1-8,10H,9H2/p+1. The molecule has 0 unspecified atom stereocenters. The number of H-pyrrole nitrogens is 1. The van der Waals surface area contributed by atoms with Crippen molar-refractivity contribution in [2.24, 2.45) is 0 Å². The van der Waals surface area contributed by atoms with Crippen molar-refractivity contribution in [2.45, 2.75) is 6.54 Å². The zero-order valence-corrected chi connectivity index (χ0v) is 14.5. The van der Waals surface area contributed by atoms with Crippen molar-refractivity contribution < 1.29 is 13.5 Å². The van der Waals surface area contributed by atoms with Gasteiger partial charge in [-0.3, -0.25) is 0 Å². The first-order chi connectivity index (χ1) is 12.1. The van der Waals surface area contributed by atoms with Gasteiger partial charge in [-0.05, 0) is 29.4 Å². The number of halogens is 3. The van der Waals surface area contributed by atoms with Crippen LogP contribution in [0.1, 0.15) is 5.56 Å². The first-order valence-electron chi connectivity index (χ1n) is 7.54. The van der Waals surface area contributed by atoms with Crippen molar-refractivity contribution in [3.05, 3.63) is 76.5 Å². The number of aromatic amines is 1. The van der Waals surface area contributed by atoms with Crippen LogP contribution in [0.2, 0.25) is 0 Å². The lowest BCUT2D eigenvalue weighted by Gasteiger charge is -1.99. The van der Waals surface area contributed by atoms with Gasteiger partial charge in [0, 0.05) is 10.0 Å². The second-order valence-corrected chi connectivity index (χ2v) is 6.50. The molecule has 0 fully saturated rings. The normalized spacial score (nSPS) is 11.2. The number of nitrogens with one attached hydrogen (secondary N) is 1. The summed E-state index contributed by atoms with van der Waals surface area (Å²) < 4.78 is 30.1. The molecule has 2 heterocycles. The minimum Gasteiger partial charge on any atom is -0.333 e. The third-order valence-corrected chi connectivity index (χ3v) is 4.30. The Morgan fingerprint density at radius 1 is 1.12 bits per heavy atom. The average molecular weight is 402 g/mol. The van der Waals surface area contributed by atoms with Gasteiger partial charge < -0.3 is 4.98 Å². The quantitative estimate of drug-likeness (QED) is 0.527. The molecule has 0 bridgehead atoms. The number of fused-ring (bicyclic) bond motifs is 1. The molecular formula is C18H12BrF2N4+. The number of benzene rings is 2. The van der Waals surface area contributed by atoms with Gasteiger partial charge in [-0.1, -0.05) is 38.8 Å². The van der Waals surface area contributed by atoms with Gasteiger partial charge in [0.05, 0.1) is 5.56 Å². The number of hydrogen-bond donors (Lipinski definition) is 1. The predicted molar refractivity (Wildman–Crippen MR) is 92.7 cm³/mol. The summed E-state index contributed by atoms with van der Waals surface area (Å²) in [4.78, 5) is 7.33. The second kappa shape index (κ2) is 6.33. The molecule has 1 N–H and O–H groups in total. The summed E-state index contributed by atoms with van der Waals surface area (Å²) in [5.74, 6) is -1.55. The molecule has 0 saturated carbocycles. The van der Waals surface area contributed by atoms with Crippen LogP contribution in [0.15, 0.2) is 59.3 Å². The summed E-state index contributed by atoms with van der Waals surface area (Å²) in [5, 5.41) is 4.33. The Morgan fingerprint density at radius 3 is 2.80 bits per heavy atom. The third-order valence-electron chi connectivity index (χ3n) is 3.81. The Balaban J connectivity index is 1.71. The SMILES string of the molecule is Fc1cccc(-c2nc3cn[n+](Cc4cccc(Br)c4)cc3[nH]2)c1F. The zero-order chi connectivity index (χ0) is 17.4. The summed E-state index contributed by atoms with van der Waals surface area (Å²) in [6.07, 6.45) is 3.40. The van der Waals surface area contributed by atoms with Crippen LogP contribution in [0, 0.1) is 11.6 Å². The molecular weight excluding hydrogens is 390 g/mol. The van der Waals surface area contributed by atoms with Gasteiger partial charge in [-0.15, -0.1) is 0 Å². The minimum atomic E-state index is -0.920. The summed E-state index contributed by atoms with van der Waals surface area (Å²) in [7, 11) is 0. The molecule has 7 heteroatoms. The molecule has 4 aromatic rings. The highest BCUT2D eigenvalue weighted by Crippen LogP contribution is 2.23. The maximum atomic E-state index is 14.0. The number of nitrogens with zero attached hydrogens (tertiary/aromatic N) is 3. The predicted octanol–water partition coefficient (Wildman–Crippen LogP) is 4.00. The zero-order valence-electron chi connectivity index (χ0n) is 12.9. The lowest BCUT2D eigenvalue weighted by Crippen LogP contribution is -2.37. The fourth-order valence-electron chi connectivity index (χ4n) is 2.63. The van der Waals surface area contributed by atoms with Crippen LogP contribution in [-0.4, -0.2) is 15.1 Å². The minimum absolute atomic E-state index is 0.0924. The fourth-order valence-corrected chi connectivity index (χ4v) is 3.08. The number of rotatable bonds is 3. The molecule has 124 valence electrons. The van der Waals surface area contributed by atoms with E-state index in [4.69, 9.17) is 0 Å². The third kappa shape index (κ3) is 3.15. The molecule has 0 spiro atoms. The van der Waals surface area contributed by atoms with E-state index in [-0.39, 0.29) is 11.4 Å². The topological polar surface area (TPSA) is 45.5 Å². The monoisotopic (exact) mass is 401 g/mol. The van der Waals surface area contributed by atoms with Gasteiger partial charge in [-0.25, -0.2) is 13.8 Å². The molecule has 4 nitrogen and oxygen atoms in total. The summed E-state index contributed by atoms with van der Waals surface area (Å²) in [5.41, 5.74) is 2.46. The largest absolute Gasteiger partial charge is 0.333 e. The Kier molecular flexibility index (Phi) is 4.01. The molecule has 0 atom stereocenters. The van der Waals surface area contributed by atoms with Gasteiger partial charge in [0.15, 0.2) is 18.2 Å². The molecule has 25 heavy (non-hydrogen) atoms. The van der Waals surface area contributed by atoms with Crippen LogP contribution in [0.4, 0.5) is 8.78 Å². The van der Waals surface area contributed by atoms with Gasteiger partial charge in [-0.2, -0.15) is 0 Å². The van der Waals surface area contributed by atoms with E-state index in [1.54, 1.807) is 17.1 Å². The Labute approximate surface area is 150 Å². The molecule has 0 aliphatic carbocycles. The molecule has 0 saturated heterocycles. The highest BCUT2D eigenvalue weighted by atomic mass is 79.9. The molecule has 0 aliphatic rings. The van der Waals surface area contributed by atoms with Gasteiger partial charge >= 0.3 is 0 Å². The molecule has 2 aromatic heterocycles. The van der Waals surface area contributed by atoms with Crippen LogP contribution in [0.5, 0.6) is 0 Å². The van der Waals surface area contributed by atoms with E-state index in [0.717, 1.165) is 16.1 Å². The van der Waals surface area contributed by atoms with Crippen LogP contribution in [0.3, 0.4) is 0 Å². The van der Waals surface area contributed by atoms with Gasteiger partial charge in [0.1, 0.15) is 23.1 Å². The van der Waals surface area contributed by atoms with Crippen LogP contribution in [0.25, 0.3) is 22.4 Å². The van der Waals surface area contributed by atoms with E-state index in [9.17, 15) is 8.78 Å². The summed E-state index contributed by atoms with van der Waals surface area (Å²) in [6.45, 7) is 0.581. The first kappa shape index (κ1) is 15.8. The van der Waals surface area contributed by atoms with E-state index in [2.05, 4.69) is 31.0 Å². The van der Waals surface area contributed by atoms with Crippen molar-refractivity contribution in [1.29, 1.82) is 0 Å². The lowest BCUT2D eigenvalue weighted by molar-refractivity contribution is -0.745. The molecule has 0 radical (unpaired) electrons. The van der Waals surface area contributed by atoms with Crippen molar-refractivity contribution in [3.8, 4) is 11.4 Å². The van der Waals surface area contributed by atoms with E-state index in [1.165, 1.54) is 12.1 Å². The highest BCUT2D eigenvalue weighted by molar-refractivity contribution is 9.10. The Morgan fingerprint density at radius 2 is 1.96 bits per heavy atom. The maximum Gasteiger partial charge on any atom is 0.222 e. The van der Waals surface area contributed by atoms with Gasteiger partial charge in [0.2, 0.25) is 6.20 Å². The summed E-state index contributed by atoms with van der Waals surface area (Å²) in [6, 6.07) is 11.9. The average Bonchev–Trinajstić information content (AvgIpc) is 3.00. The maximum absolute atomic E-state index is 14.0. The number of imidazole rings is 1. The van der Waals surface area contributed by atoms with E-state index in [1.807, 2.05) is 24.3 Å². The first-order valence-corrected chi connectivity index (χ1v) is 8.34. The van der Waals surface area contributed by atoms with Crippen molar-refractivity contribution in [2.75, 3.05) is 0 Å². The lowest BCUT2D eigenvalue weighted by atomic mass is 10.2. The van der Waals surface area contributed by atoms with Gasteiger partial charge in [0.25, 0.3) is 0 Å². The Hall–Kier alpha value is -2.67. The smallest absolute Gasteiger partial charge is 0.222 e. The molecule has 0 aliphatic heterocycles. The second-order valence-electron chi connectivity index (χ2n) is 5.59. The number of hydrogen-bond acceptors (Lipinski definition) is 2. The van der Waals surface area contributed by atoms with Crippen LogP contribution in [-0.2, 0) is 6.54 Å². The molecule has 2 aromatic carbocycles. The van der Waals surface area contributed by atoms with Crippen molar-refractivity contribution in [3.63, 3.8) is 0 Å². The summed E-state index contributed by atoms with van der Waals surface area (Å²) >= 11 is 3.45. The van der Waals surface area contributed by atoms with E-state index >= 15 is 0 Å². The molecule has 0 amide bonds. The van der Waals surface area contributed by atoms with Crippen LogP contribution < -0.4 is 4.68 Å². The fraction of sp³-hybridized carbons (Fsp3) is 0.0556. The molecule has 4 rings (SSSR count). The van der Waals surface area contributed by atoms with Crippen molar-refractivity contribution in [1.82, 2.24) is 15.1 Å². The van der Waals surface area contributed by atoms with Crippen LogP contribution >= 0.6 is 15.9 Å². The van der Waals surface area contributed by atoms with Crippen molar-refractivity contribution >= 4 is 27.0 Å². The van der Waals surface area contributed by atoms with E-state index < -0.39 is 11.6 Å². The number of aromatic nitrogens is 4. The highest BCUT2D eigenvalue weighted by Gasteiger charge is 2.16. The Bertz CT molecular complexity index is 1080. The van der Waals surface area contributed by atoms with E-state index in [0.29, 0.717) is 17.6 Å².